The first-order valence-corrected chi connectivity index (χ1v) is 16.4. The number of nitrogens with zero attached hydrogens (tertiary/aromatic N) is 3. The normalized spacial score (nSPS) is 26.9. The van der Waals surface area contributed by atoms with E-state index in [-0.39, 0.29) is 31.6 Å². The third-order valence-electron chi connectivity index (χ3n) is 9.74. The molecular formula is C35H51N3O6. The summed E-state index contributed by atoms with van der Waals surface area (Å²) in [5, 5.41) is 9.32. The minimum atomic E-state index is -1.12. The van der Waals surface area contributed by atoms with Crippen molar-refractivity contribution in [3.05, 3.63) is 49.6 Å². The molecule has 4 rings (SSSR count). The van der Waals surface area contributed by atoms with E-state index in [1.807, 2.05) is 37.3 Å². The van der Waals surface area contributed by atoms with Crippen LogP contribution in [0.1, 0.15) is 72.1 Å². The Bertz CT molecular complexity index is 1180. The van der Waals surface area contributed by atoms with Gasteiger partial charge in [-0.25, -0.2) is 0 Å². The van der Waals surface area contributed by atoms with Crippen LogP contribution in [0.2, 0.25) is 0 Å². The molecule has 0 radical (unpaired) electrons. The van der Waals surface area contributed by atoms with Crippen LogP contribution in [-0.4, -0.2) is 84.4 Å². The summed E-state index contributed by atoms with van der Waals surface area (Å²) in [4.78, 5) is 48.2. The van der Waals surface area contributed by atoms with Gasteiger partial charge in [-0.2, -0.15) is 0 Å². The summed E-state index contributed by atoms with van der Waals surface area (Å²) in [6.07, 6.45) is 9.01. The molecule has 1 spiro atoms. The average Bonchev–Trinajstić information content (AvgIpc) is 3.59. The van der Waals surface area contributed by atoms with Crippen molar-refractivity contribution in [1.82, 2.24) is 4.90 Å². The zero-order chi connectivity index (χ0) is 31.9. The van der Waals surface area contributed by atoms with Gasteiger partial charge in [0.25, 0.3) is 5.91 Å². The predicted octanol–water partition coefficient (Wildman–Crippen LogP) is 4.88. The minimum Gasteiger partial charge on any atom is -0.465 e. The third kappa shape index (κ3) is 6.31. The zero-order valence-electron chi connectivity index (χ0n) is 26.8. The Morgan fingerprint density at radius 1 is 1.05 bits per heavy atom. The maximum atomic E-state index is 14.7. The molecule has 1 N–H and O–H groups in total. The summed E-state index contributed by atoms with van der Waals surface area (Å²) in [6.45, 7) is 16.5. The Labute approximate surface area is 262 Å². The van der Waals surface area contributed by atoms with Gasteiger partial charge < -0.3 is 29.3 Å². The molecule has 5 atom stereocenters. The second kappa shape index (κ2) is 14.7. The number of rotatable bonds is 18. The molecule has 2 bridgehead atoms. The van der Waals surface area contributed by atoms with Crippen molar-refractivity contribution >= 4 is 29.2 Å². The van der Waals surface area contributed by atoms with Gasteiger partial charge in [0.1, 0.15) is 17.6 Å². The fourth-order valence-corrected chi connectivity index (χ4v) is 7.56. The topological polar surface area (TPSA) is 99.6 Å². The molecule has 3 heterocycles. The summed E-state index contributed by atoms with van der Waals surface area (Å²) in [5.41, 5.74) is -0.212. The van der Waals surface area contributed by atoms with Crippen molar-refractivity contribution in [2.45, 2.75) is 89.4 Å². The first-order valence-electron chi connectivity index (χ1n) is 16.4. The highest BCUT2D eigenvalue weighted by Gasteiger charge is 2.78. The molecule has 1 aromatic carbocycles. The fourth-order valence-electron chi connectivity index (χ4n) is 7.56. The lowest BCUT2D eigenvalue weighted by molar-refractivity contribution is -0.159. The van der Waals surface area contributed by atoms with Crippen molar-refractivity contribution in [2.75, 3.05) is 49.2 Å². The number of likely N-dealkylation sites (tertiary alicyclic amines) is 1. The van der Waals surface area contributed by atoms with E-state index in [4.69, 9.17) is 9.47 Å². The van der Waals surface area contributed by atoms with E-state index < -0.39 is 35.0 Å². The van der Waals surface area contributed by atoms with E-state index in [0.29, 0.717) is 44.3 Å². The molecule has 3 fully saturated rings. The van der Waals surface area contributed by atoms with Gasteiger partial charge in [-0.3, -0.25) is 14.4 Å². The van der Waals surface area contributed by atoms with Gasteiger partial charge in [0.2, 0.25) is 5.91 Å². The smallest absolute Gasteiger partial charge is 0.312 e. The van der Waals surface area contributed by atoms with Crippen LogP contribution in [0.15, 0.2) is 49.6 Å². The molecule has 3 saturated heterocycles. The number of benzene rings is 1. The van der Waals surface area contributed by atoms with E-state index in [1.54, 1.807) is 15.9 Å². The van der Waals surface area contributed by atoms with Crippen LogP contribution in [0.3, 0.4) is 0 Å². The Kier molecular flexibility index (Phi) is 11.3. The number of fused-ring (bicyclic) bond motifs is 1. The monoisotopic (exact) mass is 609 g/mol. The average molecular weight is 610 g/mol. The molecule has 0 aromatic heterocycles. The quantitative estimate of drug-likeness (QED) is 0.144. The summed E-state index contributed by atoms with van der Waals surface area (Å²) in [7, 11) is 0. The molecule has 0 aliphatic carbocycles. The maximum absolute atomic E-state index is 14.7. The van der Waals surface area contributed by atoms with Crippen LogP contribution in [-0.2, 0) is 23.9 Å². The highest BCUT2D eigenvalue weighted by Crippen LogP contribution is 2.63. The van der Waals surface area contributed by atoms with Crippen LogP contribution in [0.25, 0.3) is 0 Å². The van der Waals surface area contributed by atoms with Crippen LogP contribution < -0.4 is 9.80 Å². The van der Waals surface area contributed by atoms with Crippen molar-refractivity contribution in [2.24, 2.45) is 11.8 Å². The number of unbranched alkanes of at least 4 members (excludes halogenated alkanes) is 4. The number of carbonyl (C=O) groups is 3. The molecule has 2 amide bonds. The Morgan fingerprint density at radius 3 is 2.39 bits per heavy atom. The lowest BCUT2D eigenvalue weighted by Crippen LogP contribution is -2.56. The van der Waals surface area contributed by atoms with Crippen molar-refractivity contribution in [3.8, 4) is 0 Å². The van der Waals surface area contributed by atoms with Gasteiger partial charge in [-0.15, -0.1) is 13.2 Å². The van der Waals surface area contributed by atoms with Crippen LogP contribution in [0.5, 0.6) is 0 Å². The number of aliphatic hydroxyl groups excluding tert-OH is 1. The third-order valence-corrected chi connectivity index (χ3v) is 9.74. The number of hydrogen-bond acceptors (Lipinski definition) is 7. The summed E-state index contributed by atoms with van der Waals surface area (Å²) >= 11 is 0. The summed E-state index contributed by atoms with van der Waals surface area (Å²) < 4.78 is 12.5. The van der Waals surface area contributed by atoms with Gasteiger partial charge in [-0.05, 0) is 96.4 Å². The van der Waals surface area contributed by atoms with Crippen LogP contribution >= 0.6 is 0 Å². The second-order valence-corrected chi connectivity index (χ2v) is 12.4. The Morgan fingerprint density at radius 2 is 1.75 bits per heavy atom. The first kappa shape index (κ1) is 33.7. The van der Waals surface area contributed by atoms with Gasteiger partial charge >= 0.3 is 5.97 Å². The molecule has 3 aliphatic rings. The number of allylic oxidation sites excluding steroid dienone is 1. The highest BCUT2D eigenvalue weighted by atomic mass is 16.6. The van der Waals surface area contributed by atoms with E-state index in [9.17, 15) is 19.5 Å². The highest BCUT2D eigenvalue weighted by molar-refractivity contribution is 6.05. The molecule has 44 heavy (non-hydrogen) atoms. The summed E-state index contributed by atoms with van der Waals surface area (Å²) in [6, 6.07) is 7.02. The molecule has 0 saturated carbocycles. The number of amides is 2. The van der Waals surface area contributed by atoms with Gasteiger partial charge in [0, 0.05) is 44.2 Å². The molecule has 3 aliphatic heterocycles. The number of anilines is 2. The van der Waals surface area contributed by atoms with Crippen molar-refractivity contribution in [3.63, 3.8) is 0 Å². The lowest BCUT2D eigenvalue weighted by atomic mass is 9.66. The number of aliphatic hydroxyl groups is 1. The van der Waals surface area contributed by atoms with Gasteiger partial charge in [-0.1, -0.05) is 12.2 Å². The van der Waals surface area contributed by atoms with Gasteiger partial charge in [0.15, 0.2) is 0 Å². The SMILES string of the molecule is C=CCCCCOC(=O)[C@@H]1[C@H]2C(=O)N(CCCCCO)C(C(=O)N(CC=C)c3ccc(N(CC)CC)cc3)C23CC[C@@]1(C)O3. The molecule has 9 nitrogen and oxygen atoms in total. The largest absolute Gasteiger partial charge is 0.465 e. The van der Waals surface area contributed by atoms with Crippen molar-refractivity contribution in [1.29, 1.82) is 0 Å². The Hall–Kier alpha value is -3.17. The van der Waals surface area contributed by atoms with Crippen molar-refractivity contribution < 1.29 is 29.0 Å². The van der Waals surface area contributed by atoms with Gasteiger partial charge in [0.05, 0.1) is 18.1 Å². The zero-order valence-corrected chi connectivity index (χ0v) is 26.8. The van der Waals surface area contributed by atoms with Crippen LogP contribution in [0, 0.1) is 11.8 Å². The molecular weight excluding hydrogens is 558 g/mol. The van der Waals surface area contributed by atoms with E-state index in [1.165, 1.54) is 0 Å². The number of hydrogen-bond donors (Lipinski definition) is 1. The van der Waals surface area contributed by atoms with E-state index in [2.05, 4.69) is 31.9 Å². The molecule has 242 valence electrons. The maximum Gasteiger partial charge on any atom is 0.312 e. The summed E-state index contributed by atoms with van der Waals surface area (Å²) in [5.74, 6) is -2.44. The number of carbonyl (C=O) groups excluding carboxylic acids is 3. The van der Waals surface area contributed by atoms with Crippen LogP contribution in [0.4, 0.5) is 11.4 Å². The first-order chi connectivity index (χ1) is 21.2. The molecule has 1 aromatic rings. The predicted molar refractivity (Wildman–Crippen MR) is 172 cm³/mol. The lowest BCUT2D eigenvalue weighted by Gasteiger charge is -2.37. The molecule has 9 heteroatoms. The molecule has 2 unspecified atom stereocenters. The fraction of sp³-hybridized carbons (Fsp3) is 0.629. The van der Waals surface area contributed by atoms with E-state index >= 15 is 0 Å². The number of ether oxygens (including phenoxy) is 2. The Balaban J connectivity index is 1.67. The standard InChI is InChI=1S/C35H51N3O6/c1-6-10-11-15-25-43-33(42)29-28-31(40)38(23-13-12-14-24-39)30(35(28)21-20-34(29,5)44-35)32(41)37(22-7-2)27-18-16-26(17-19-27)36(8-3)9-4/h6-7,16-19,28-30,39H,1-2,8-15,20-25H2,3-5H3/t28-,29-,30?,34+,35?/m0/s1. The second-order valence-electron chi connectivity index (χ2n) is 12.4. The van der Waals surface area contributed by atoms with E-state index in [0.717, 1.165) is 38.0 Å². The number of esters is 1. The minimum absolute atomic E-state index is 0.0711.